The zero-order valence-corrected chi connectivity index (χ0v) is 17.6. The van der Waals surface area contributed by atoms with Gasteiger partial charge in [0.2, 0.25) is 11.7 Å². The van der Waals surface area contributed by atoms with Gasteiger partial charge in [0.15, 0.2) is 0 Å². The highest BCUT2D eigenvalue weighted by Crippen LogP contribution is 2.25. The van der Waals surface area contributed by atoms with E-state index in [1.165, 1.54) is 5.56 Å². The van der Waals surface area contributed by atoms with Crippen molar-refractivity contribution in [1.29, 1.82) is 0 Å². The molecule has 1 aliphatic heterocycles. The van der Waals surface area contributed by atoms with E-state index in [1.807, 2.05) is 58.3 Å². The summed E-state index contributed by atoms with van der Waals surface area (Å²) in [5.74, 6) is 0.233. The predicted molar refractivity (Wildman–Crippen MR) is 119 cm³/mol. The minimum atomic E-state index is -0.389. The van der Waals surface area contributed by atoms with E-state index in [0.29, 0.717) is 38.3 Å². The van der Waals surface area contributed by atoms with Gasteiger partial charge < -0.3 is 14.5 Å². The molecule has 0 spiro atoms. The van der Waals surface area contributed by atoms with E-state index < -0.39 is 0 Å². The minimum Gasteiger partial charge on any atom is -0.486 e. The predicted octanol–water partition coefficient (Wildman–Crippen LogP) is 2.55. The third-order valence-electron chi connectivity index (χ3n) is 5.55. The summed E-state index contributed by atoms with van der Waals surface area (Å²) in [6, 6.07) is 18.0. The number of rotatable bonds is 7. The number of hydrogen-bond donors (Lipinski definition) is 1. The Labute approximate surface area is 181 Å². The van der Waals surface area contributed by atoms with Gasteiger partial charge in [0.1, 0.15) is 5.69 Å². The van der Waals surface area contributed by atoms with Gasteiger partial charge in [-0.2, -0.15) is 5.10 Å². The van der Waals surface area contributed by atoms with E-state index in [-0.39, 0.29) is 23.8 Å². The third kappa shape index (κ3) is 4.94. The molecule has 0 unspecified atom stereocenters. The van der Waals surface area contributed by atoms with Crippen LogP contribution in [0.5, 0.6) is 5.75 Å². The maximum atomic E-state index is 12.8. The van der Waals surface area contributed by atoms with E-state index >= 15 is 0 Å². The minimum absolute atomic E-state index is 0.0185. The molecule has 0 radical (unpaired) electrons. The molecule has 4 rings (SSSR count). The molecular weight excluding hydrogens is 392 g/mol. The van der Waals surface area contributed by atoms with Crippen molar-refractivity contribution in [1.82, 2.24) is 15.1 Å². The highest BCUT2D eigenvalue weighted by molar-refractivity contribution is 5.83. The van der Waals surface area contributed by atoms with Crippen LogP contribution in [-0.2, 0) is 17.8 Å². The maximum absolute atomic E-state index is 12.8. The number of piperazine rings is 1. The number of ether oxygens (including phenoxy) is 1. The third-order valence-corrected chi connectivity index (χ3v) is 5.55. The van der Waals surface area contributed by atoms with Crippen LogP contribution in [0, 0.1) is 6.92 Å². The Balaban J connectivity index is 1.43. The van der Waals surface area contributed by atoms with E-state index in [9.17, 15) is 9.59 Å². The van der Waals surface area contributed by atoms with Gasteiger partial charge in [-0.25, -0.2) is 5.10 Å². The average Bonchev–Trinajstić information content (AvgIpc) is 2.78. The van der Waals surface area contributed by atoms with Crippen LogP contribution in [0.25, 0.3) is 0 Å². The van der Waals surface area contributed by atoms with E-state index in [4.69, 9.17) is 4.74 Å². The number of hydrogen-bond acceptors (Lipinski definition) is 5. The molecule has 2 heterocycles. The normalized spacial score (nSPS) is 14.0. The van der Waals surface area contributed by atoms with Gasteiger partial charge in [-0.3, -0.25) is 9.59 Å². The van der Waals surface area contributed by atoms with Crippen molar-refractivity contribution >= 4 is 11.6 Å². The molecule has 1 aliphatic rings. The molecule has 1 amide bonds. The number of aromatic amines is 1. The Hall–Kier alpha value is -3.61. The average molecular weight is 418 g/mol. The van der Waals surface area contributed by atoms with Crippen LogP contribution >= 0.6 is 0 Å². The zero-order valence-electron chi connectivity index (χ0n) is 17.6. The molecule has 160 valence electrons. The van der Waals surface area contributed by atoms with E-state index in [2.05, 4.69) is 23.2 Å². The molecule has 7 nitrogen and oxygen atoms in total. The molecule has 1 aromatic heterocycles. The Morgan fingerprint density at radius 3 is 2.58 bits per heavy atom. The van der Waals surface area contributed by atoms with Crippen molar-refractivity contribution in [2.45, 2.75) is 19.9 Å². The summed E-state index contributed by atoms with van der Waals surface area (Å²) >= 11 is 0. The van der Waals surface area contributed by atoms with Crippen LogP contribution in [0.4, 0.5) is 5.69 Å². The summed E-state index contributed by atoms with van der Waals surface area (Å²) in [6.07, 6.45) is 2.24. The second kappa shape index (κ2) is 9.47. The van der Waals surface area contributed by atoms with Gasteiger partial charge in [-0.15, -0.1) is 0 Å². The quantitative estimate of drug-likeness (QED) is 0.638. The number of amides is 1. The van der Waals surface area contributed by atoms with Crippen molar-refractivity contribution in [2.75, 3.05) is 31.1 Å². The van der Waals surface area contributed by atoms with Gasteiger partial charge in [0, 0.05) is 26.1 Å². The van der Waals surface area contributed by atoms with Crippen LogP contribution in [0.3, 0.4) is 0 Å². The summed E-state index contributed by atoms with van der Waals surface area (Å²) in [4.78, 5) is 28.9. The lowest BCUT2D eigenvalue weighted by Gasteiger charge is -2.36. The molecule has 1 fully saturated rings. The summed E-state index contributed by atoms with van der Waals surface area (Å²) in [7, 11) is 0. The number of nitrogens with zero attached hydrogens (tertiary/aromatic N) is 3. The van der Waals surface area contributed by atoms with Gasteiger partial charge >= 0.3 is 5.56 Å². The fourth-order valence-corrected chi connectivity index (χ4v) is 3.73. The number of aryl methyl sites for hydroxylation is 1. The largest absolute Gasteiger partial charge is 0.486 e. The first-order valence-corrected chi connectivity index (χ1v) is 10.4. The van der Waals surface area contributed by atoms with Crippen LogP contribution in [0.15, 0.2) is 65.6 Å². The lowest BCUT2D eigenvalue weighted by Crippen LogP contribution is -2.50. The highest BCUT2D eigenvalue weighted by Gasteiger charge is 2.27. The SMILES string of the molecule is Cc1ccccc1CN1CCN(c2cn[nH]c(=O)c2OCCc2ccccc2)CC1=O. The van der Waals surface area contributed by atoms with Crippen LogP contribution < -0.4 is 15.2 Å². The second-order valence-electron chi connectivity index (χ2n) is 7.66. The monoisotopic (exact) mass is 418 g/mol. The summed E-state index contributed by atoms with van der Waals surface area (Å²) in [5, 5.41) is 6.36. The number of H-pyrrole nitrogens is 1. The molecule has 0 atom stereocenters. The first kappa shape index (κ1) is 20.7. The molecule has 0 saturated carbocycles. The van der Waals surface area contributed by atoms with Crippen molar-refractivity contribution in [2.24, 2.45) is 0 Å². The Morgan fingerprint density at radius 1 is 1.03 bits per heavy atom. The highest BCUT2D eigenvalue weighted by atomic mass is 16.5. The maximum Gasteiger partial charge on any atom is 0.308 e. The first-order chi connectivity index (χ1) is 15.1. The molecule has 1 N–H and O–H groups in total. The summed E-state index contributed by atoms with van der Waals surface area (Å²) in [6.45, 7) is 4.38. The van der Waals surface area contributed by atoms with Crippen molar-refractivity contribution in [3.05, 3.63) is 87.8 Å². The number of carbonyl (C=O) groups is 1. The number of aromatic nitrogens is 2. The van der Waals surface area contributed by atoms with Gasteiger partial charge in [-0.1, -0.05) is 54.6 Å². The van der Waals surface area contributed by atoms with Gasteiger partial charge in [0.05, 0.1) is 19.3 Å². The topological polar surface area (TPSA) is 78.5 Å². The molecule has 0 bridgehead atoms. The van der Waals surface area contributed by atoms with E-state index in [0.717, 1.165) is 11.1 Å². The fraction of sp³-hybridized carbons (Fsp3) is 0.292. The summed E-state index contributed by atoms with van der Waals surface area (Å²) in [5.41, 5.74) is 3.62. The van der Waals surface area contributed by atoms with Crippen molar-refractivity contribution in [3.8, 4) is 5.75 Å². The molecule has 2 aromatic carbocycles. The molecule has 0 aliphatic carbocycles. The first-order valence-electron chi connectivity index (χ1n) is 10.4. The number of nitrogens with one attached hydrogen (secondary N) is 1. The lowest BCUT2D eigenvalue weighted by atomic mass is 10.1. The zero-order chi connectivity index (χ0) is 21.6. The fourth-order valence-electron chi connectivity index (χ4n) is 3.73. The number of anilines is 1. The number of carbonyl (C=O) groups excluding carboxylic acids is 1. The van der Waals surface area contributed by atoms with Crippen LogP contribution in [0.1, 0.15) is 16.7 Å². The molecular formula is C24H26N4O3. The summed E-state index contributed by atoms with van der Waals surface area (Å²) < 4.78 is 5.85. The van der Waals surface area contributed by atoms with Gasteiger partial charge in [-0.05, 0) is 23.6 Å². The standard InChI is InChI=1S/C24H26N4O3/c1-18-7-5-6-10-20(18)16-28-13-12-27(17-22(28)29)21-15-25-26-24(30)23(21)31-14-11-19-8-3-2-4-9-19/h2-10,15H,11-14,16-17H2,1H3,(H,26,30). The molecule has 1 saturated heterocycles. The Morgan fingerprint density at radius 2 is 1.81 bits per heavy atom. The van der Waals surface area contributed by atoms with Crippen molar-refractivity contribution in [3.63, 3.8) is 0 Å². The Kier molecular flexibility index (Phi) is 6.31. The second-order valence-corrected chi connectivity index (χ2v) is 7.66. The van der Waals surface area contributed by atoms with Crippen LogP contribution in [-0.4, -0.2) is 47.2 Å². The smallest absolute Gasteiger partial charge is 0.308 e. The van der Waals surface area contributed by atoms with E-state index in [1.54, 1.807) is 6.20 Å². The van der Waals surface area contributed by atoms with Crippen molar-refractivity contribution < 1.29 is 9.53 Å². The number of benzene rings is 2. The molecule has 3 aromatic rings. The Bertz CT molecular complexity index is 1100. The molecule has 31 heavy (non-hydrogen) atoms. The van der Waals surface area contributed by atoms with Gasteiger partial charge in [0.25, 0.3) is 0 Å². The molecule has 7 heteroatoms. The van der Waals surface area contributed by atoms with Crippen LogP contribution in [0.2, 0.25) is 0 Å². The lowest BCUT2D eigenvalue weighted by molar-refractivity contribution is -0.131.